The Bertz CT molecular complexity index is 755. The molecular formula is C16H17N7. The lowest BCUT2D eigenvalue weighted by Gasteiger charge is -2.23. The van der Waals surface area contributed by atoms with Crippen LogP contribution in [0.3, 0.4) is 0 Å². The van der Waals surface area contributed by atoms with Crippen molar-refractivity contribution in [1.82, 2.24) is 19.9 Å². The molecule has 2 aromatic rings. The van der Waals surface area contributed by atoms with Gasteiger partial charge in [0, 0.05) is 62.2 Å². The van der Waals surface area contributed by atoms with Crippen molar-refractivity contribution in [2.24, 2.45) is 11.8 Å². The van der Waals surface area contributed by atoms with Gasteiger partial charge in [-0.1, -0.05) is 0 Å². The van der Waals surface area contributed by atoms with Gasteiger partial charge in [-0.2, -0.15) is 5.26 Å². The first kappa shape index (κ1) is 13.9. The van der Waals surface area contributed by atoms with Crippen LogP contribution in [-0.4, -0.2) is 46.1 Å². The summed E-state index contributed by atoms with van der Waals surface area (Å²) in [5.74, 6) is 2.89. The molecule has 4 heterocycles. The van der Waals surface area contributed by atoms with Crippen LogP contribution in [0.15, 0.2) is 24.9 Å². The summed E-state index contributed by atoms with van der Waals surface area (Å²) < 4.78 is 0. The Hall–Kier alpha value is -2.75. The second-order valence-electron chi connectivity index (χ2n) is 6.20. The van der Waals surface area contributed by atoms with Gasteiger partial charge >= 0.3 is 0 Å². The van der Waals surface area contributed by atoms with Crippen molar-refractivity contribution in [3.8, 4) is 6.07 Å². The van der Waals surface area contributed by atoms with E-state index < -0.39 is 0 Å². The van der Waals surface area contributed by atoms with E-state index >= 15 is 0 Å². The van der Waals surface area contributed by atoms with E-state index in [-0.39, 0.29) is 0 Å². The van der Waals surface area contributed by atoms with Crippen molar-refractivity contribution in [2.75, 3.05) is 36.0 Å². The smallest absolute Gasteiger partial charge is 0.183 e. The van der Waals surface area contributed by atoms with E-state index in [0.29, 0.717) is 23.3 Å². The minimum Gasteiger partial charge on any atom is -0.356 e. The molecule has 0 spiro atoms. The number of aromatic nitrogens is 4. The number of rotatable bonds is 2. The zero-order valence-electron chi connectivity index (χ0n) is 12.9. The number of aryl methyl sites for hydroxylation is 1. The summed E-state index contributed by atoms with van der Waals surface area (Å²) in [6, 6.07) is 2.14. The quantitative estimate of drug-likeness (QED) is 0.819. The maximum Gasteiger partial charge on any atom is 0.183 e. The fourth-order valence-corrected chi connectivity index (χ4v) is 3.70. The van der Waals surface area contributed by atoms with Gasteiger partial charge in [-0.3, -0.25) is 0 Å². The number of nitrogens with zero attached hydrogens (tertiary/aromatic N) is 7. The summed E-state index contributed by atoms with van der Waals surface area (Å²) in [6.45, 7) is 5.86. The SMILES string of the molecule is Cc1cncnc1N1CC2CN(c3nccnc3C#N)CC2C1. The van der Waals surface area contributed by atoms with E-state index in [4.69, 9.17) is 0 Å². The Kier molecular flexibility index (Phi) is 3.30. The molecule has 2 atom stereocenters. The minimum absolute atomic E-state index is 0.413. The molecule has 0 radical (unpaired) electrons. The normalized spacial score (nSPS) is 23.0. The van der Waals surface area contributed by atoms with Crippen molar-refractivity contribution in [1.29, 1.82) is 5.26 Å². The Morgan fingerprint density at radius 1 is 1.00 bits per heavy atom. The minimum atomic E-state index is 0.413. The van der Waals surface area contributed by atoms with Gasteiger partial charge in [0.05, 0.1) is 0 Å². The summed E-state index contributed by atoms with van der Waals surface area (Å²) in [7, 11) is 0. The topological polar surface area (TPSA) is 81.8 Å². The standard InChI is InChI=1S/C16H17N7/c1-11-5-18-10-21-15(11)22-6-12-8-23(9-13(12)7-22)16-14(4-17)19-2-3-20-16/h2-3,5,10,12-13H,6-9H2,1H3. The number of anilines is 2. The summed E-state index contributed by atoms with van der Waals surface area (Å²) in [5.41, 5.74) is 1.53. The molecule has 4 rings (SSSR count). The van der Waals surface area contributed by atoms with Gasteiger partial charge < -0.3 is 9.80 Å². The number of hydrogen-bond donors (Lipinski definition) is 0. The average molecular weight is 307 g/mol. The predicted octanol–water partition coefficient (Wildman–Crippen LogP) is 1.02. The zero-order valence-corrected chi connectivity index (χ0v) is 12.9. The van der Waals surface area contributed by atoms with E-state index in [1.165, 1.54) is 0 Å². The molecule has 0 amide bonds. The highest BCUT2D eigenvalue weighted by Crippen LogP contribution is 2.36. The highest BCUT2D eigenvalue weighted by atomic mass is 15.3. The fraction of sp³-hybridized carbons (Fsp3) is 0.438. The van der Waals surface area contributed by atoms with Crippen LogP contribution >= 0.6 is 0 Å². The van der Waals surface area contributed by atoms with Gasteiger partial charge in [0.15, 0.2) is 11.5 Å². The predicted molar refractivity (Wildman–Crippen MR) is 84.9 cm³/mol. The number of nitriles is 1. The molecule has 7 nitrogen and oxygen atoms in total. The molecule has 2 unspecified atom stereocenters. The third-order valence-electron chi connectivity index (χ3n) is 4.74. The van der Waals surface area contributed by atoms with E-state index in [1.54, 1.807) is 18.7 Å². The highest BCUT2D eigenvalue weighted by Gasteiger charge is 2.41. The van der Waals surface area contributed by atoms with Crippen LogP contribution < -0.4 is 9.80 Å². The second-order valence-corrected chi connectivity index (χ2v) is 6.20. The van der Waals surface area contributed by atoms with E-state index in [9.17, 15) is 5.26 Å². The van der Waals surface area contributed by atoms with Crippen LogP contribution in [0.25, 0.3) is 0 Å². The van der Waals surface area contributed by atoms with Crippen LogP contribution in [0.2, 0.25) is 0 Å². The second kappa shape index (κ2) is 5.47. The molecule has 0 N–H and O–H groups in total. The van der Waals surface area contributed by atoms with Crippen LogP contribution in [0.4, 0.5) is 11.6 Å². The molecule has 7 heteroatoms. The fourth-order valence-electron chi connectivity index (χ4n) is 3.70. The summed E-state index contributed by atoms with van der Waals surface area (Å²) in [6.07, 6.45) is 6.70. The van der Waals surface area contributed by atoms with Gasteiger partial charge in [-0.15, -0.1) is 0 Å². The maximum atomic E-state index is 9.20. The largest absolute Gasteiger partial charge is 0.356 e. The van der Waals surface area contributed by atoms with Gasteiger partial charge in [0.2, 0.25) is 0 Å². The molecule has 2 fully saturated rings. The third-order valence-corrected chi connectivity index (χ3v) is 4.74. The molecular weight excluding hydrogens is 290 g/mol. The molecule has 0 bridgehead atoms. The summed E-state index contributed by atoms with van der Waals surface area (Å²) in [5, 5.41) is 9.20. The Morgan fingerprint density at radius 2 is 1.65 bits per heavy atom. The monoisotopic (exact) mass is 307 g/mol. The van der Waals surface area contributed by atoms with E-state index in [2.05, 4.69) is 42.7 Å². The first-order chi connectivity index (χ1) is 11.3. The number of fused-ring (bicyclic) bond motifs is 1. The molecule has 2 aliphatic rings. The first-order valence-electron chi connectivity index (χ1n) is 7.74. The van der Waals surface area contributed by atoms with Gasteiger partial charge in [0.1, 0.15) is 18.2 Å². The van der Waals surface area contributed by atoms with Gasteiger partial charge in [-0.25, -0.2) is 19.9 Å². The molecule has 0 saturated carbocycles. The molecule has 2 aromatic heterocycles. The van der Waals surface area contributed by atoms with Crippen molar-refractivity contribution < 1.29 is 0 Å². The maximum absolute atomic E-state index is 9.20. The van der Waals surface area contributed by atoms with Crippen molar-refractivity contribution in [3.05, 3.63) is 36.2 Å². The lowest BCUT2D eigenvalue weighted by molar-refractivity contribution is 0.533. The Balaban J connectivity index is 1.51. The van der Waals surface area contributed by atoms with Crippen molar-refractivity contribution in [3.63, 3.8) is 0 Å². The molecule has 116 valence electrons. The average Bonchev–Trinajstić information content (AvgIpc) is 3.14. The lowest BCUT2D eigenvalue weighted by atomic mass is 10.0. The van der Waals surface area contributed by atoms with Crippen LogP contribution in [0, 0.1) is 30.1 Å². The summed E-state index contributed by atoms with van der Waals surface area (Å²) in [4.78, 5) is 21.5. The number of hydrogen-bond acceptors (Lipinski definition) is 7. The van der Waals surface area contributed by atoms with Crippen LogP contribution in [-0.2, 0) is 0 Å². The lowest BCUT2D eigenvalue weighted by Crippen LogP contribution is -2.30. The first-order valence-corrected chi connectivity index (χ1v) is 7.74. The Morgan fingerprint density at radius 3 is 2.30 bits per heavy atom. The molecule has 0 aromatic carbocycles. The third kappa shape index (κ3) is 2.36. The van der Waals surface area contributed by atoms with Gasteiger partial charge in [0.25, 0.3) is 0 Å². The van der Waals surface area contributed by atoms with Crippen LogP contribution in [0.5, 0.6) is 0 Å². The highest BCUT2D eigenvalue weighted by molar-refractivity contribution is 5.52. The molecule has 23 heavy (non-hydrogen) atoms. The van der Waals surface area contributed by atoms with Crippen molar-refractivity contribution in [2.45, 2.75) is 6.92 Å². The molecule has 2 saturated heterocycles. The van der Waals surface area contributed by atoms with Crippen LogP contribution in [0.1, 0.15) is 11.3 Å². The Labute approximate surface area is 134 Å². The van der Waals surface area contributed by atoms with E-state index in [1.807, 2.05) is 6.20 Å². The molecule has 0 aliphatic carbocycles. The van der Waals surface area contributed by atoms with E-state index in [0.717, 1.165) is 37.6 Å². The van der Waals surface area contributed by atoms with Crippen molar-refractivity contribution >= 4 is 11.6 Å². The van der Waals surface area contributed by atoms with Gasteiger partial charge in [-0.05, 0) is 6.92 Å². The summed E-state index contributed by atoms with van der Waals surface area (Å²) >= 11 is 0. The molecule has 2 aliphatic heterocycles. The zero-order chi connectivity index (χ0) is 15.8.